The molecule has 5 rings (SSSR count). The van der Waals surface area contributed by atoms with Crippen molar-refractivity contribution in [1.82, 2.24) is 19.7 Å². The largest absolute Gasteiger partial charge is 0.321 e. The summed E-state index contributed by atoms with van der Waals surface area (Å²) in [7, 11) is 4.32. The Morgan fingerprint density at radius 2 is 1.84 bits per heavy atom. The van der Waals surface area contributed by atoms with E-state index in [1.807, 2.05) is 0 Å². The Morgan fingerprint density at radius 3 is 2.46 bits per heavy atom. The van der Waals surface area contributed by atoms with Crippen molar-refractivity contribution in [1.29, 1.82) is 5.26 Å². The number of hydrogen-bond donors (Lipinski definition) is 0. The summed E-state index contributed by atoms with van der Waals surface area (Å²) in [5, 5.41) is 9.36. The van der Waals surface area contributed by atoms with Gasteiger partial charge in [0.05, 0.1) is 29.8 Å². The molecule has 3 aliphatic rings. The van der Waals surface area contributed by atoms with Crippen LogP contribution in [0.5, 0.6) is 0 Å². The lowest BCUT2D eigenvalue weighted by molar-refractivity contribution is -0.119. The van der Waals surface area contributed by atoms with Gasteiger partial charge >= 0.3 is 6.03 Å². The van der Waals surface area contributed by atoms with Gasteiger partial charge in [0.1, 0.15) is 6.07 Å². The van der Waals surface area contributed by atoms with E-state index in [0.717, 1.165) is 32.2 Å². The van der Waals surface area contributed by atoms with E-state index in [4.69, 9.17) is 0 Å². The van der Waals surface area contributed by atoms with Crippen LogP contribution in [0, 0.1) is 17.2 Å². The molecule has 1 aliphatic heterocycles. The van der Waals surface area contributed by atoms with Crippen LogP contribution in [-0.2, 0) is 16.8 Å². The summed E-state index contributed by atoms with van der Waals surface area (Å²) >= 11 is 0. The summed E-state index contributed by atoms with van der Waals surface area (Å²) in [6.07, 6.45) is 9.06. The average Bonchev–Trinajstić information content (AvgIpc) is 3.12. The van der Waals surface area contributed by atoms with Crippen LogP contribution in [0.25, 0.3) is 0 Å². The van der Waals surface area contributed by atoms with E-state index in [9.17, 15) is 14.9 Å². The zero-order chi connectivity index (χ0) is 26.0. The first-order valence-corrected chi connectivity index (χ1v) is 13.5. The van der Waals surface area contributed by atoms with Gasteiger partial charge in [0, 0.05) is 24.8 Å². The van der Waals surface area contributed by atoms with Gasteiger partial charge in [-0.15, -0.1) is 0 Å². The summed E-state index contributed by atoms with van der Waals surface area (Å²) in [5.41, 5.74) is 1.96. The summed E-state index contributed by atoms with van der Waals surface area (Å²) in [4.78, 5) is 37.3. The monoisotopic (exact) mass is 499 g/mol. The van der Waals surface area contributed by atoms with Crippen LogP contribution in [0.4, 0.5) is 4.79 Å². The van der Waals surface area contributed by atoms with Crippen molar-refractivity contribution < 1.29 is 9.59 Å². The van der Waals surface area contributed by atoms with E-state index >= 15 is 0 Å². The van der Waals surface area contributed by atoms with Crippen LogP contribution in [0.1, 0.15) is 61.8 Å². The summed E-state index contributed by atoms with van der Waals surface area (Å²) in [6.45, 7) is 1.46. The zero-order valence-corrected chi connectivity index (χ0v) is 22.0. The fraction of sp³-hybridized carbons (Fsp3) is 0.533. The number of Topliss-reactive ketones (excluding diaryl/α,β-unsaturated/α-hetero) is 1. The van der Waals surface area contributed by atoms with Crippen molar-refractivity contribution >= 4 is 11.8 Å². The topological polar surface area (TPSA) is 80.5 Å². The normalized spacial score (nSPS) is 25.9. The van der Waals surface area contributed by atoms with Gasteiger partial charge in [-0.2, -0.15) is 5.26 Å². The number of ketones is 1. The number of benzene rings is 1. The Labute approximate surface area is 220 Å². The van der Waals surface area contributed by atoms with Gasteiger partial charge in [-0.3, -0.25) is 14.7 Å². The fourth-order valence-electron chi connectivity index (χ4n) is 6.65. The molecule has 2 heterocycles. The number of aromatic nitrogens is 1. The van der Waals surface area contributed by atoms with Gasteiger partial charge in [-0.25, -0.2) is 4.79 Å². The molecule has 0 unspecified atom stereocenters. The molecule has 1 aromatic carbocycles. The number of amides is 2. The number of urea groups is 1. The zero-order valence-electron chi connectivity index (χ0n) is 22.0. The predicted octanol–water partition coefficient (Wildman–Crippen LogP) is 4.37. The molecule has 0 bridgehead atoms. The van der Waals surface area contributed by atoms with Crippen LogP contribution >= 0.6 is 0 Å². The third-order valence-electron chi connectivity index (χ3n) is 9.14. The maximum Gasteiger partial charge on any atom is 0.321 e. The van der Waals surface area contributed by atoms with E-state index in [1.54, 1.807) is 23.2 Å². The summed E-state index contributed by atoms with van der Waals surface area (Å²) < 4.78 is 0. The van der Waals surface area contributed by atoms with Crippen LogP contribution in [0.15, 0.2) is 48.7 Å². The van der Waals surface area contributed by atoms with E-state index in [2.05, 4.69) is 65.3 Å². The van der Waals surface area contributed by atoms with Gasteiger partial charge in [0.2, 0.25) is 0 Å². The molecule has 1 spiro atoms. The minimum Gasteiger partial charge on any atom is -0.317 e. The molecule has 7 heteroatoms. The molecule has 3 fully saturated rings. The van der Waals surface area contributed by atoms with E-state index in [-0.39, 0.29) is 35.9 Å². The highest BCUT2D eigenvalue weighted by molar-refractivity contribution is 5.88. The SMILES string of the molecule is CN(C)C1(c2ccccc2)CCC2(CC1)CN(CC(=O)Cc1ncccc1C#N)C(=O)N2CC1CCC1. The number of rotatable bonds is 8. The van der Waals surface area contributed by atoms with E-state index < -0.39 is 0 Å². The van der Waals surface area contributed by atoms with Gasteiger partial charge < -0.3 is 9.80 Å². The van der Waals surface area contributed by atoms with Crippen molar-refractivity contribution in [3.05, 3.63) is 65.5 Å². The van der Waals surface area contributed by atoms with Crippen molar-refractivity contribution in [2.45, 2.75) is 62.4 Å². The average molecular weight is 500 g/mol. The van der Waals surface area contributed by atoms with Gasteiger partial charge in [0.25, 0.3) is 0 Å². The predicted molar refractivity (Wildman–Crippen MR) is 142 cm³/mol. The second-order valence-electron chi connectivity index (χ2n) is 11.4. The highest BCUT2D eigenvalue weighted by atomic mass is 16.2. The Hall–Kier alpha value is -3.24. The molecule has 7 nitrogen and oxygen atoms in total. The third kappa shape index (κ3) is 4.75. The van der Waals surface area contributed by atoms with Crippen molar-refractivity contribution in [2.75, 3.05) is 33.7 Å². The Balaban J connectivity index is 1.35. The highest BCUT2D eigenvalue weighted by Gasteiger charge is 2.55. The van der Waals surface area contributed by atoms with Gasteiger partial charge in [-0.1, -0.05) is 36.8 Å². The first-order valence-electron chi connectivity index (χ1n) is 13.5. The smallest absolute Gasteiger partial charge is 0.317 e. The summed E-state index contributed by atoms with van der Waals surface area (Å²) in [5.74, 6) is 0.491. The minimum absolute atomic E-state index is 0.00107. The van der Waals surface area contributed by atoms with Crippen molar-refractivity contribution in [2.24, 2.45) is 5.92 Å². The molecular formula is C30H37N5O2. The number of nitriles is 1. The molecule has 2 aromatic rings. The molecular weight excluding hydrogens is 462 g/mol. The fourth-order valence-corrected chi connectivity index (χ4v) is 6.65. The lowest BCUT2D eigenvalue weighted by Gasteiger charge is -2.51. The molecule has 194 valence electrons. The molecule has 0 atom stereocenters. The van der Waals surface area contributed by atoms with Crippen LogP contribution in [0.2, 0.25) is 0 Å². The molecule has 37 heavy (non-hydrogen) atoms. The van der Waals surface area contributed by atoms with Crippen molar-refractivity contribution in [3.63, 3.8) is 0 Å². The summed E-state index contributed by atoms with van der Waals surface area (Å²) in [6, 6.07) is 16.2. The minimum atomic E-state index is -0.232. The van der Waals surface area contributed by atoms with Crippen LogP contribution in [-0.4, -0.2) is 70.8 Å². The number of pyridine rings is 1. The number of hydrogen-bond acceptors (Lipinski definition) is 5. The molecule has 2 saturated carbocycles. The maximum atomic E-state index is 13.8. The van der Waals surface area contributed by atoms with E-state index in [1.165, 1.54) is 24.8 Å². The second kappa shape index (κ2) is 10.3. The lowest BCUT2D eigenvalue weighted by atomic mass is 9.68. The number of nitrogens with zero attached hydrogens (tertiary/aromatic N) is 5. The van der Waals surface area contributed by atoms with Crippen LogP contribution < -0.4 is 0 Å². The van der Waals surface area contributed by atoms with E-state index in [0.29, 0.717) is 23.7 Å². The lowest BCUT2D eigenvalue weighted by Crippen LogP contribution is -2.56. The van der Waals surface area contributed by atoms with Crippen LogP contribution in [0.3, 0.4) is 0 Å². The molecule has 1 aromatic heterocycles. The quantitative estimate of drug-likeness (QED) is 0.539. The Morgan fingerprint density at radius 1 is 1.11 bits per heavy atom. The molecule has 0 N–H and O–H groups in total. The number of carbonyl (C=O) groups is 2. The third-order valence-corrected chi connectivity index (χ3v) is 9.14. The van der Waals surface area contributed by atoms with Crippen molar-refractivity contribution in [3.8, 4) is 6.07 Å². The Bertz CT molecular complexity index is 1180. The molecule has 0 radical (unpaired) electrons. The van der Waals surface area contributed by atoms with Gasteiger partial charge in [-0.05, 0) is 76.2 Å². The maximum absolute atomic E-state index is 13.8. The van der Waals surface area contributed by atoms with Gasteiger partial charge in [0.15, 0.2) is 5.78 Å². The number of carbonyl (C=O) groups excluding carboxylic acids is 2. The first kappa shape index (κ1) is 25.4. The second-order valence-corrected chi connectivity index (χ2v) is 11.4. The standard InChI is InChI=1S/C30H37N5O2/c1-33(2)30(25-11-4-3-5-12-25)15-13-29(14-16-30)22-34(28(37)35(29)20-23-8-6-9-23)21-26(36)18-27-24(19-31)10-7-17-32-27/h3-5,7,10-12,17,23H,6,8-9,13-16,18,20-22H2,1-2H3. The molecule has 2 amide bonds. The molecule has 2 aliphatic carbocycles. The first-order chi connectivity index (χ1) is 17.9. The molecule has 1 saturated heterocycles. The highest BCUT2D eigenvalue weighted by Crippen LogP contribution is 2.49. The Kier molecular flexibility index (Phi) is 7.04.